The maximum absolute atomic E-state index is 9.16. The van der Waals surface area contributed by atoms with Crippen LogP contribution in [0, 0.1) is 0 Å². The lowest BCUT2D eigenvalue weighted by molar-refractivity contribution is 0.342. The summed E-state index contributed by atoms with van der Waals surface area (Å²) < 4.78 is 0. The monoisotopic (exact) mass is 276 g/mol. The number of hydrogen-bond acceptors (Lipinski definition) is 1. The first-order valence-corrected chi connectivity index (χ1v) is 7.44. The number of allylic oxidation sites excluding steroid dienone is 1. The molecule has 21 heavy (non-hydrogen) atoms. The highest BCUT2D eigenvalue weighted by molar-refractivity contribution is 5.55. The molecule has 2 aromatic carbocycles. The van der Waals surface area contributed by atoms with E-state index in [1.807, 2.05) is 12.2 Å². The van der Waals surface area contributed by atoms with Crippen molar-refractivity contribution in [1.82, 2.24) is 0 Å². The molecule has 3 rings (SSSR count). The topological polar surface area (TPSA) is 20.2 Å². The molecule has 0 spiro atoms. The van der Waals surface area contributed by atoms with Crippen LogP contribution in [0.3, 0.4) is 0 Å². The van der Waals surface area contributed by atoms with Crippen LogP contribution in [0.15, 0.2) is 61.2 Å². The van der Waals surface area contributed by atoms with Crippen LogP contribution in [0.2, 0.25) is 0 Å². The Bertz CT molecular complexity index is 682. The van der Waals surface area contributed by atoms with Crippen molar-refractivity contribution in [1.29, 1.82) is 0 Å². The number of aliphatic hydroxyl groups is 1. The number of benzene rings is 2. The summed E-state index contributed by atoms with van der Waals surface area (Å²) in [6, 6.07) is 15.2. The number of rotatable bonds is 3. The highest BCUT2D eigenvalue weighted by Gasteiger charge is 2.21. The normalized spacial score (nSPS) is 17.1. The van der Waals surface area contributed by atoms with Crippen LogP contribution in [0.1, 0.15) is 33.7 Å². The Morgan fingerprint density at radius 1 is 1.05 bits per heavy atom. The molecule has 106 valence electrons. The van der Waals surface area contributed by atoms with Crippen LogP contribution in [-0.4, -0.2) is 11.7 Å². The predicted molar refractivity (Wildman–Crippen MR) is 88.5 cm³/mol. The van der Waals surface area contributed by atoms with E-state index >= 15 is 0 Å². The fourth-order valence-corrected chi connectivity index (χ4v) is 3.16. The van der Waals surface area contributed by atoms with Crippen LogP contribution in [-0.2, 0) is 12.8 Å². The number of hydrogen-bond donors (Lipinski definition) is 1. The average Bonchev–Trinajstić information content (AvgIpc) is 2.69. The average molecular weight is 276 g/mol. The minimum Gasteiger partial charge on any atom is -0.392 e. The smallest absolute Gasteiger partial charge is 0.0612 e. The van der Waals surface area contributed by atoms with Crippen molar-refractivity contribution in [3.8, 4) is 0 Å². The summed E-state index contributed by atoms with van der Waals surface area (Å²) in [6.07, 6.45) is 7.99. The van der Waals surface area contributed by atoms with Gasteiger partial charge in [-0.3, -0.25) is 0 Å². The quantitative estimate of drug-likeness (QED) is 0.836. The summed E-state index contributed by atoms with van der Waals surface area (Å²) in [4.78, 5) is 0. The molecule has 1 aliphatic rings. The minimum absolute atomic E-state index is 0.0785. The van der Waals surface area contributed by atoms with E-state index in [9.17, 15) is 0 Å². The Balaban J connectivity index is 2.19. The fraction of sp³-hybridized carbons (Fsp3) is 0.200. The van der Waals surface area contributed by atoms with Crippen molar-refractivity contribution in [2.24, 2.45) is 0 Å². The summed E-state index contributed by atoms with van der Waals surface area (Å²) in [5.74, 6) is 0.214. The molecule has 0 fully saturated rings. The van der Waals surface area contributed by atoms with Gasteiger partial charge in [0.1, 0.15) is 0 Å². The van der Waals surface area contributed by atoms with Crippen LogP contribution >= 0.6 is 0 Å². The molecule has 1 nitrogen and oxygen atoms in total. The second-order valence-corrected chi connectivity index (χ2v) is 5.45. The van der Waals surface area contributed by atoms with Crippen molar-refractivity contribution in [3.63, 3.8) is 0 Å². The van der Waals surface area contributed by atoms with Gasteiger partial charge in [0, 0.05) is 5.92 Å². The van der Waals surface area contributed by atoms with E-state index in [0.29, 0.717) is 0 Å². The Morgan fingerprint density at radius 3 is 2.57 bits per heavy atom. The first kappa shape index (κ1) is 13.8. The van der Waals surface area contributed by atoms with Crippen LogP contribution in [0.25, 0.3) is 6.08 Å². The molecule has 1 aliphatic carbocycles. The first-order chi connectivity index (χ1) is 10.3. The molecule has 0 saturated heterocycles. The van der Waals surface area contributed by atoms with Gasteiger partial charge in [-0.1, -0.05) is 67.3 Å². The molecule has 1 N–H and O–H groups in total. The van der Waals surface area contributed by atoms with E-state index in [1.165, 1.54) is 22.3 Å². The van der Waals surface area contributed by atoms with E-state index < -0.39 is 0 Å². The summed E-state index contributed by atoms with van der Waals surface area (Å²) in [5, 5.41) is 9.16. The van der Waals surface area contributed by atoms with Gasteiger partial charge in [0.2, 0.25) is 0 Å². The van der Waals surface area contributed by atoms with Gasteiger partial charge in [0.25, 0.3) is 0 Å². The standard InChI is InChI=1S/C20H20O/c1-2-15-9-10-17-12-11-16-6-3-4-7-18(16)19(8-5-13-21)20(17)14-15/h2-10,14,19,21H,1,11-13H2/b8-5-. The fourth-order valence-electron chi connectivity index (χ4n) is 3.16. The van der Waals surface area contributed by atoms with Gasteiger partial charge in [0.05, 0.1) is 6.61 Å². The number of aryl methyl sites for hydroxylation is 2. The summed E-state index contributed by atoms with van der Waals surface area (Å²) in [6.45, 7) is 3.96. The zero-order valence-electron chi connectivity index (χ0n) is 12.1. The zero-order valence-corrected chi connectivity index (χ0v) is 12.1. The van der Waals surface area contributed by atoms with Crippen molar-refractivity contribution < 1.29 is 5.11 Å². The molecular weight excluding hydrogens is 256 g/mol. The maximum atomic E-state index is 9.16. The molecular formula is C20H20O. The van der Waals surface area contributed by atoms with E-state index in [0.717, 1.165) is 18.4 Å². The third kappa shape index (κ3) is 2.70. The zero-order chi connectivity index (χ0) is 14.7. The van der Waals surface area contributed by atoms with Gasteiger partial charge >= 0.3 is 0 Å². The third-order valence-electron chi connectivity index (χ3n) is 4.23. The van der Waals surface area contributed by atoms with Gasteiger partial charge in [0.15, 0.2) is 0 Å². The summed E-state index contributed by atoms with van der Waals surface area (Å²) >= 11 is 0. The molecule has 0 aromatic heterocycles. The molecule has 1 unspecified atom stereocenters. The SMILES string of the molecule is C=Cc1ccc2c(c1)C(/C=C\CO)c1ccccc1CC2. The molecule has 2 aromatic rings. The molecule has 0 bridgehead atoms. The number of aliphatic hydroxyl groups excluding tert-OH is 1. The largest absolute Gasteiger partial charge is 0.392 e. The van der Waals surface area contributed by atoms with E-state index in [1.54, 1.807) is 0 Å². The highest BCUT2D eigenvalue weighted by atomic mass is 16.2. The van der Waals surface area contributed by atoms with Gasteiger partial charge in [-0.25, -0.2) is 0 Å². The molecule has 0 heterocycles. The molecule has 1 atom stereocenters. The summed E-state index contributed by atoms with van der Waals surface area (Å²) in [5.41, 5.74) is 6.63. The van der Waals surface area contributed by atoms with Crippen molar-refractivity contribution >= 4 is 6.08 Å². The van der Waals surface area contributed by atoms with Gasteiger partial charge < -0.3 is 5.11 Å². The van der Waals surface area contributed by atoms with Gasteiger partial charge in [-0.15, -0.1) is 0 Å². The lowest BCUT2D eigenvalue weighted by Gasteiger charge is -2.17. The molecule has 0 amide bonds. The summed E-state index contributed by atoms with van der Waals surface area (Å²) in [7, 11) is 0. The lowest BCUT2D eigenvalue weighted by atomic mass is 9.87. The maximum Gasteiger partial charge on any atom is 0.0612 e. The molecule has 0 saturated carbocycles. The molecule has 0 aliphatic heterocycles. The molecule has 1 heteroatoms. The predicted octanol–water partition coefficient (Wildman–Crippen LogP) is 4.11. The van der Waals surface area contributed by atoms with E-state index in [-0.39, 0.29) is 12.5 Å². The van der Waals surface area contributed by atoms with Crippen LogP contribution in [0.5, 0.6) is 0 Å². The van der Waals surface area contributed by atoms with Crippen molar-refractivity contribution in [2.75, 3.05) is 6.61 Å². The first-order valence-electron chi connectivity index (χ1n) is 7.44. The van der Waals surface area contributed by atoms with Crippen LogP contribution in [0.4, 0.5) is 0 Å². The Labute approximate surface area is 126 Å². The minimum atomic E-state index is 0.0785. The molecule has 0 radical (unpaired) electrons. The lowest BCUT2D eigenvalue weighted by Crippen LogP contribution is -2.01. The van der Waals surface area contributed by atoms with Gasteiger partial charge in [-0.2, -0.15) is 0 Å². The third-order valence-corrected chi connectivity index (χ3v) is 4.23. The second kappa shape index (κ2) is 6.11. The number of fused-ring (bicyclic) bond motifs is 2. The Kier molecular flexibility index (Phi) is 4.03. The Morgan fingerprint density at radius 2 is 1.81 bits per heavy atom. The van der Waals surface area contributed by atoms with Crippen molar-refractivity contribution in [3.05, 3.63) is 89.0 Å². The van der Waals surface area contributed by atoms with Gasteiger partial charge in [-0.05, 0) is 40.7 Å². The van der Waals surface area contributed by atoms with Crippen LogP contribution < -0.4 is 0 Å². The highest BCUT2D eigenvalue weighted by Crippen LogP contribution is 2.35. The Hall–Kier alpha value is -2.12. The second-order valence-electron chi connectivity index (χ2n) is 5.45. The van der Waals surface area contributed by atoms with E-state index in [2.05, 4.69) is 55.1 Å². The van der Waals surface area contributed by atoms with Crippen molar-refractivity contribution in [2.45, 2.75) is 18.8 Å². The van der Waals surface area contributed by atoms with E-state index in [4.69, 9.17) is 5.11 Å².